The molecule has 0 spiro atoms. The van der Waals surface area contributed by atoms with E-state index in [0.29, 0.717) is 6.04 Å². The summed E-state index contributed by atoms with van der Waals surface area (Å²) in [6.07, 6.45) is 1.72. The van der Waals surface area contributed by atoms with Crippen molar-refractivity contribution < 1.29 is 4.52 Å². The van der Waals surface area contributed by atoms with Gasteiger partial charge in [-0.3, -0.25) is 14.7 Å². The minimum Gasteiger partial charge on any atom is -0.360 e. The van der Waals surface area contributed by atoms with Crippen LogP contribution in [0, 0.1) is 0 Å². The number of nitrogens with zero attached hydrogens (tertiary/aromatic N) is 4. The van der Waals surface area contributed by atoms with Crippen LogP contribution in [0.4, 0.5) is 0 Å². The normalized spacial score (nSPS) is 23.9. The summed E-state index contributed by atoms with van der Waals surface area (Å²) in [5.74, 6) is 0.975. The quantitative estimate of drug-likeness (QED) is 0.807. The summed E-state index contributed by atoms with van der Waals surface area (Å²) in [5, 5.41) is 3.75. The zero-order chi connectivity index (χ0) is 13.2. The summed E-state index contributed by atoms with van der Waals surface area (Å²) in [6.45, 7) is 12.7. The summed E-state index contributed by atoms with van der Waals surface area (Å²) in [4.78, 5) is 7.65. The molecule has 0 aromatic carbocycles. The molecule has 0 unspecified atom stereocenters. The van der Waals surface area contributed by atoms with Gasteiger partial charge in [-0.1, -0.05) is 5.16 Å². The van der Waals surface area contributed by atoms with Crippen molar-refractivity contribution in [3.8, 4) is 0 Å². The molecule has 3 rings (SSSR count). The standard InChI is InChI=1S/C14H24N4O/c1-12(2)17-5-7-18(8-6-17)13-9-16(10-13)11-14-3-4-15-19-14/h3-4,12-13H,5-11H2,1-2H3. The third-order valence-corrected chi connectivity index (χ3v) is 4.40. The van der Waals surface area contributed by atoms with Crippen LogP contribution >= 0.6 is 0 Å². The topological polar surface area (TPSA) is 35.8 Å². The first-order valence-corrected chi connectivity index (χ1v) is 7.32. The molecule has 3 heterocycles. The van der Waals surface area contributed by atoms with Crippen LogP contribution < -0.4 is 0 Å². The maximum absolute atomic E-state index is 5.15. The lowest BCUT2D eigenvalue weighted by Gasteiger charge is -2.48. The highest BCUT2D eigenvalue weighted by molar-refractivity contribution is 4.97. The summed E-state index contributed by atoms with van der Waals surface area (Å²) in [5.41, 5.74) is 0. The number of piperazine rings is 1. The zero-order valence-corrected chi connectivity index (χ0v) is 12.0. The summed E-state index contributed by atoms with van der Waals surface area (Å²) in [6, 6.07) is 3.39. The van der Waals surface area contributed by atoms with Gasteiger partial charge in [0.05, 0.1) is 12.7 Å². The van der Waals surface area contributed by atoms with Gasteiger partial charge in [-0.2, -0.15) is 0 Å². The first-order valence-electron chi connectivity index (χ1n) is 7.32. The summed E-state index contributed by atoms with van der Waals surface area (Å²) < 4.78 is 5.15. The molecule has 2 aliphatic heterocycles. The molecule has 106 valence electrons. The number of hydrogen-bond donors (Lipinski definition) is 0. The van der Waals surface area contributed by atoms with E-state index in [2.05, 4.69) is 33.7 Å². The Balaban J connectivity index is 1.40. The van der Waals surface area contributed by atoms with Crippen molar-refractivity contribution in [3.05, 3.63) is 18.0 Å². The van der Waals surface area contributed by atoms with Crippen molar-refractivity contribution in [2.75, 3.05) is 39.3 Å². The van der Waals surface area contributed by atoms with Crippen molar-refractivity contribution >= 4 is 0 Å². The predicted octanol–water partition coefficient (Wildman–Crippen LogP) is 0.885. The van der Waals surface area contributed by atoms with Gasteiger partial charge in [0.25, 0.3) is 0 Å². The van der Waals surface area contributed by atoms with Gasteiger partial charge in [0.2, 0.25) is 0 Å². The van der Waals surface area contributed by atoms with Gasteiger partial charge in [-0.25, -0.2) is 0 Å². The van der Waals surface area contributed by atoms with Crippen LogP contribution in [0.25, 0.3) is 0 Å². The number of aromatic nitrogens is 1. The van der Waals surface area contributed by atoms with Gasteiger partial charge in [0.15, 0.2) is 5.76 Å². The third kappa shape index (κ3) is 2.99. The number of likely N-dealkylation sites (tertiary alicyclic amines) is 1. The van der Waals surface area contributed by atoms with Crippen molar-refractivity contribution in [1.82, 2.24) is 19.9 Å². The molecule has 0 bridgehead atoms. The van der Waals surface area contributed by atoms with Crippen LogP contribution in [0.15, 0.2) is 16.8 Å². The molecule has 2 fully saturated rings. The Morgan fingerprint density at radius 2 is 2.00 bits per heavy atom. The van der Waals surface area contributed by atoms with E-state index < -0.39 is 0 Å². The molecule has 0 N–H and O–H groups in total. The second-order valence-corrected chi connectivity index (χ2v) is 5.99. The molecule has 1 aromatic rings. The van der Waals surface area contributed by atoms with Crippen molar-refractivity contribution in [2.24, 2.45) is 0 Å². The molecule has 2 saturated heterocycles. The molecule has 0 saturated carbocycles. The number of hydrogen-bond acceptors (Lipinski definition) is 5. The van der Waals surface area contributed by atoms with E-state index in [1.807, 2.05) is 6.07 Å². The molecule has 19 heavy (non-hydrogen) atoms. The molecule has 0 atom stereocenters. The first kappa shape index (κ1) is 13.1. The summed E-state index contributed by atoms with van der Waals surface area (Å²) in [7, 11) is 0. The van der Waals surface area contributed by atoms with E-state index in [-0.39, 0.29) is 0 Å². The fourth-order valence-corrected chi connectivity index (χ4v) is 3.07. The minimum atomic E-state index is 0.687. The molecule has 0 amide bonds. The first-order chi connectivity index (χ1) is 9.22. The van der Waals surface area contributed by atoms with Crippen LogP contribution in [-0.4, -0.2) is 71.2 Å². The van der Waals surface area contributed by atoms with E-state index in [1.165, 1.54) is 39.3 Å². The maximum atomic E-state index is 5.15. The lowest BCUT2D eigenvalue weighted by Crippen LogP contribution is -2.63. The molecule has 2 aliphatic rings. The van der Waals surface area contributed by atoms with E-state index >= 15 is 0 Å². The monoisotopic (exact) mass is 264 g/mol. The molecular weight excluding hydrogens is 240 g/mol. The van der Waals surface area contributed by atoms with Crippen LogP contribution in [0.1, 0.15) is 19.6 Å². The molecule has 5 nitrogen and oxygen atoms in total. The molecule has 0 radical (unpaired) electrons. The van der Waals surface area contributed by atoms with Crippen molar-refractivity contribution in [1.29, 1.82) is 0 Å². The average Bonchev–Trinajstić information content (AvgIpc) is 2.86. The van der Waals surface area contributed by atoms with Gasteiger partial charge in [0.1, 0.15) is 0 Å². The van der Waals surface area contributed by atoms with Crippen LogP contribution in [0.3, 0.4) is 0 Å². The number of rotatable bonds is 4. The Bertz CT molecular complexity index is 378. The fourth-order valence-electron chi connectivity index (χ4n) is 3.07. The predicted molar refractivity (Wildman–Crippen MR) is 73.9 cm³/mol. The fraction of sp³-hybridized carbons (Fsp3) is 0.786. The Morgan fingerprint density at radius 3 is 2.58 bits per heavy atom. The Kier molecular flexibility index (Phi) is 3.86. The van der Waals surface area contributed by atoms with Crippen molar-refractivity contribution in [3.63, 3.8) is 0 Å². The van der Waals surface area contributed by atoms with Gasteiger partial charge < -0.3 is 4.52 Å². The summed E-state index contributed by atoms with van der Waals surface area (Å²) >= 11 is 0. The second kappa shape index (κ2) is 5.61. The third-order valence-electron chi connectivity index (χ3n) is 4.40. The largest absolute Gasteiger partial charge is 0.360 e. The SMILES string of the molecule is CC(C)N1CCN(C2CN(Cc3ccno3)C2)CC1. The van der Waals surface area contributed by atoms with Gasteiger partial charge >= 0.3 is 0 Å². The lowest BCUT2D eigenvalue weighted by molar-refractivity contribution is -0.00724. The highest BCUT2D eigenvalue weighted by Gasteiger charge is 2.33. The van der Waals surface area contributed by atoms with Gasteiger partial charge in [0, 0.05) is 57.4 Å². The average molecular weight is 264 g/mol. The van der Waals surface area contributed by atoms with Gasteiger partial charge in [-0.05, 0) is 13.8 Å². The van der Waals surface area contributed by atoms with E-state index in [0.717, 1.165) is 18.3 Å². The lowest BCUT2D eigenvalue weighted by atomic mass is 10.1. The van der Waals surface area contributed by atoms with Gasteiger partial charge in [-0.15, -0.1) is 0 Å². The molecule has 0 aliphatic carbocycles. The maximum Gasteiger partial charge on any atom is 0.150 e. The van der Waals surface area contributed by atoms with Crippen molar-refractivity contribution in [2.45, 2.75) is 32.5 Å². The highest BCUT2D eigenvalue weighted by Crippen LogP contribution is 2.19. The second-order valence-electron chi connectivity index (χ2n) is 5.99. The Morgan fingerprint density at radius 1 is 1.26 bits per heavy atom. The molecular formula is C14H24N4O. The molecule has 5 heteroatoms. The highest BCUT2D eigenvalue weighted by atomic mass is 16.5. The molecule has 1 aromatic heterocycles. The van der Waals surface area contributed by atoms with Crippen LogP contribution in [-0.2, 0) is 6.54 Å². The Labute approximate surface area is 115 Å². The Hall–Kier alpha value is -0.910. The zero-order valence-electron chi connectivity index (χ0n) is 12.0. The minimum absolute atomic E-state index is 0.687. The smallest absolute Gasteiger partial charge is 0.150 e. The van der Waals surface area contributed by atoms with E-state index in [1.54, 1.807) is 6.20 Å². The van der Waals surface area contributed by atoms with E-state index in [4.69, 9.17) is 4.52 Å². The van der Waals surface area contributed by atoms with Crippen LogP contribution in [0.5, 0.6) is 0 Å². The van der Waals surface area contributed by atoms with Crippen LogP contribution in [0.2, 0.25) is 0 Å². The van der Waals surface area contributed by atoms with E-state index in [9.17, 15) is 0 Å².